The predicted octanol–water partition coefficient (Wildman–Crippen LogP) is 3.72. The van der Waals surface area contributed by atoms with Gasteiger partial charge >= 0.3 is 0 Å². The Kier molecular flexibility index (Phi) is 7.01. The Labute approximate surface area is 165 Å². The first kappa shape index (κ1) is 19.4. The number of hydrogen-bond acceptors (Lipinski definition) is 4. The van der Waals surface area contributed by atoms with Crippen LogP contribution in [0.2, 0.25) is 0 Å². The number of rotatable bonds is 9. The Hall–Kier alpha value is -3.34. The summed E-state index contributed by atoms with van der Waals surface area (Å²) in [6.45, 7) is 1.35. The second-order valence-corrected chi connectivity index (χ2v) is 6.45. The van der Waals surface area contributed by atoms with E-state index in [1.54, 1.807) is 19.4 Å². The van der Waals surface area contributed by atoms with E-state index in [0.29, 0.717) is 12.1 Å². The van der Waals surface area contributed by atoms with Crippen LogP contribution in [0.15, 0.2) is 72.9 Å². The summed E-state index contributed by atoms with van der Waals surface area (Å²) in [5.74, 6) is 1.47. The fourth-order valence-electron chi connectivity index (χ4n) is 2.86. The van der Waals surface area contributed by atoms with Crippen molar-refractivity contribution in [3.63, 3.8) is 0 Å². The lowest BCUT2D eigenvalue weighted by atomic mass is 10.1. The second kappa shape index (κ2) is 10.1. The summed E-state index contributed by atoms with van der Waals surface area (Å²) in [4.78, 5) is 16.6. The van der Waals surface area contributed by atoms with Gasteiger partial charge in [0.2, 0.25) is 0 Å². The minimum absolute atomic E-state index is 0.119. The summed E-state index contributed by atoms with van der Waals surface area (Å²) in [6, 6.07) is 21.8. The zero-order valence-corrected chi connectivity index (χ0v) is 16.0. The van der Waals surface area contributed by atoms with Gasteiger partial charge in [0.1, 0.15) is 11.6 Å². The van der Waals surface area contributed by atoms with Crippen LogP contribution in [0.25, 0.3) is 0 Å². The van der Waals surface area contributed by atoms with Crippen LogP contribution < -0.4 is 15.4 Å². The molecule has 1 amide bonds. The zero-order valence-electron chi connectivity index (χ0n) is 16.0. The number of carbonyl (C=O) groups excluding carboxylic acids is 1. The van der Waals surface area contributed by atoms with Crippen LogP contribution in [-0.4, -0.2) is 31.1 Å². The molecule has 3 rings (SSSR count). The maximum Gasteiger partial charge on any atom is 0.252 e. The first-order valence-corrected chi connectivity index (χ1v) is 9.39. The van der Waals surface area contributed by atoms with Crippen LogP contribution >= 0.6 is 0 Å². The minimum atomic E-state index is -0.119. The van der Waals surface area contributed by atoms with Crippen molar-refractivity contribution in [2.75, 3.05) is 25.5 Å². The number of anilines is 1. The lowest BCUT2D eigenvalue weighted by molar-refractivity contribution is 0.0954. The lowest BCUT2D eigenvalue weighted by Crippen LogP contribution is -2.25. The van der Waals surface area contributed by atoms with Crippen molar-refractivity contribution in [2.24, 2.45) is 0 Å². The Morgan fingerprint density at radius 3 is 2.46 bits per heavy atom. The molecule has 0 unspecified atom stereocenters. The molecule has 0 aliphatic rings. The van der Waals surface area contributed by atoms with E-state index in [9.17, 15) is 4.79 Å². The smallest absolute Gasteiger partial charge is 0.252 e. The summed E-state index contributed by atoms with van der Waals surface area (Å²) < 4.78 is 5.21. The third-order valence-corrected chi connectivity index (χ3v) is 4.42. The normalized spacial score (nSPS) is 10.3. The molecule has 144 valence electrons. The average molecular weight is 375 g/mol. The summed E-state index contributed by atoms with van der Waals surface area (Å²) in [5, 5.41) is 6.21. The molecule has 0 aliphatic carbocycles. The molecular formula is C23H25N3O2. The number of amides is 1. The molecule has 28 heavy (non-hydrogen) atoms. The van der Waals surface area contributed by atoms with Crippen molar-refractivity contribution in [3.05, 3.63) is 89.6 Å². The molecular weight excluding hydrogens is 350 g/mol. The van der Waals surface area contributed by atoms with Crippen molar-refractivity contribution in [2.45, 2.75) is 12.8 Å². The molecule has 1 aromatic heterocycles. The molecule has 3 aromatic rings. The summed E-state index contributed by atoms with van der Waals surface area (Å²) >= 11 is 0. The molecule has 0 bridgehead atoms. The van der Waals surface area contributed by atoms with Gasteiger partial charge in [0, 0.05) is 19.3 Å². The van der Waals surface area contributed by atoms with Gasteiger partial charge in [0.25, 0.3) is 5.91 Å². The molecule has 0 fully saturated rings. The number of hydrogen-bond donors (Lipinski definition) is 2. The summed E-state index contributed by atoms with van der Waals surface area (Å²) in [7, 11) is 1.65. The van der Waals surface area contributed by atoms with Crippen molar-refractivity contribution in [3.8, 4) is 5.75 Å². The minimum Gasteiger partial charge on any atom is -0.497 e. The van der Waals surface area contributed by atoms with Crippen LogP contribution in [0, 0.1) is 0 Å². The molecule has 5 heteroatoms. The zero-order chi connectivity index (χ0) is 19.6. The first-order valence-electron chi connectivity index (χ1n) is 9.39. The number of benzene rings is 2. The maximum absolute atomic E-state index is 12.3. The van der Waals surface area contributed by atoms with Gasteiger partial charge in [0.05, 0.1) is 12.7 Å². The van der Waals surface area contributed by atoms with E-state index in [1.165, 1.54) is 5.56 Å². The number of methoxy groups -OCH3 is 1. The van der Waals surface area contributed by atoms with Gasteiger partial charge < -0.3 is 15.4 Å². The Morgan fingerprint density at radius 1 is 0.929 bits per heavy atom. The van der Waals surface area contributed by atoms with Gasteiger partial charge in [-0.25, -0.2) is 4.98 Å². The van der Waals surface area contributed by atoms with Crippen LogP contribution in [-0.2, 0) is 12.8 Å². The summed E-state index contributed by atoms with van der Waals surface area (Å²) in [6.07, 6.45) is 3.27. The highest BCUT2D eigenvalue weighted by Gasteiger charge is 2.06. The monoisotopic (exact) mass is 375 g/mol. The van der Waals surface area contributed by atoms with Gasteiger partial charge in [-0.05, 0) is 48.2 Å². The van der Waals surface area contributed by atoms with Gasteiger partial charge in [-0.3, -0.25) is 4.79 Å². The molecule has 0 spiro atoms. The Bertz CT molecular complexity index is 880. The SMILES string of the molecule is COc1cccc(CCNC(=O)c2ccc(NCCc3ccccc3)nc2)c1. The van der Waals surface area contributed by atoms with E-state index in [-0.39, 0.29) is 5.91 Å². The average Bonchev–Trinajstić information content (AvgIpc) is 2.75. The molecule has 0 aliphatic heterocycles. The van der Waals surface area contributed by atoms with E-state index < -0.39 is 0 Å². The molecule has 0 atom stereocenters. The third kappa shape index (κ3) is 5.84. The summed E-state index contributed by atoms with van der Waals surface area (Å²) in [5.41, 5.74) is 2.96. The van der Waals surface area contributed by atoms with E-state index in [2.05, 4.69) is 27.8 Å². The van der Waals surface area contributed by atoms with Crippen molar-refractivity contribution in [1.29, 1.82) is 0 Å². The van der Waals surface area contributed by atoms with Gasteiger partial charge in [0.15, 0.2) is 0 Å². The van der Waals surface area contributed by atoms with Gasteiger partial charge in [-0.1, -0.05) is 42.5 Å². The standard InChI is InChI=1S/C23H25N3O2/c1-28-21-9-5-8-19(16-21)13-15-25-23(27)20-10-11-22(26-17-20)24-14-12-18-6-3-2-4-7-18/h2-11,16-17H,12-15H2,1H3,(H,24,26)(H,25,27). The first-order chi connectivity index (χ1) is 13.7. The van der Waals surface area contributed by atoms with Gasteiger partial charge in [-0.2, -0.15) is 0 Å². The molecule has 0 radical (unpaired) electrons. The van der Waals surface area contributed by atoms with Gasteiger partial charge in [-0.15, -0.1) is 0 Å². The predicted molar refractivity (Wildman–Crippen MR) is 112 cm³/mol. The highest BCUT2D eigenvalue weighted by atomic mass is 16.5. The van der Waals surface area contributed by atoms with Crippen LogP contribution in [0.4, 0.5) is 5.82 Å². The van der Waals surface area contributed by atoms with E-state index in [0.717, 1.165) is 36.5 Å². The van der Waals surface area contributed by atoms with Crippen molar-refractivity contribution >= 4 is 11.7 Å². The number of pyridine rings is 1. The number of ether oxygens (including phenoxy) is 1. The van der Waals surface area contributed by atoms with Crippen LogP contribution in [0.1, 0.15) is 21.5 Å². The third-order valence-electron chi connectivity index (χ3n) is 4.42. The van der Waals surface area contributed by atoms with Crippen molar-refractivity contribution < 1.29 is 9.53 Å². The largest absolute Gasteiger partial charge is 0.497 e. The highest BCUT2D eigenvalue weighted by molar-refractivity contribution is 5.94. The Balaban J connectivity index is 1.42. The lowest BCUT2D eigenvalue weighted by Gasteiger charge is -2.08. The molecule has 1 heterocycles. The fourth-order valence-corrected chi connectivity index (χ4v) is 2.86. The van der Waals surface area contributed by atoms with Crippen molar-refractivity contribution in [1.82, 2.24) is 10.3 Å². The number of carbonyl (C=O) groups is 1. The van der Waals surface area contributed by atoms with E-state index >= 15 is 0 Å². The molecule has 2 N–H and O–H groups in total. The second-order valence-electron chi connectivity index (χ2n) is 6.45. The van der Waals surface area contributed by atoms with E-state index in [4.69, 9.17) is 4.74 Å². The molecule has 0 saturated carbocycles. The molecule has 2 aromatic carbocycles. The number of nitrogens with one attached hydrogen (secondary N) is 2. The van der Waals surface area contributed by atoms with Crippen LogP contribution in [0.5, 0.6) is 5.75 Å². The molecule has 0 saturated heterocycles. The highest BCUT2D eigenvalue weighted by Crippen LogP contribution is 2.12. The number of nitrogens with zero attached hydrogens (tertiary/aromatic N) is 1. The fraction of sp³-hybridized carbons (Fsp3) is 0.217. The maximum atomic E-state index is 12.3. The topological polar surface area (TPSA) is 63.2 Å². The molecule has 5 nitrogen and oxygen atoms in total. The quantitative estimate of drug-likeness (QED) is 0.598. The number of aromatic nitrogens is 1. The Morgan fingerprint density at radius 2 is 1.71 bits per heavy atom. The van der Waals surface area contributed by atoms with E-state index in [1.807, 2.05) is 48.5 Å². The van der Waals surface area contributed by atoms with Crippen LogP contribution in [0.3, 0.4) is 0 Å².